The van der Waals surface area contributed by atoms with Crippen molar-refractivity contribution >= 4 is 33.5 Å². The number of nitrogens with one attached hydrogen (secondary N) is 2. The molecule has 4 rings (SSSR count). The van der Waals surface area contributed by atoms with Crippen LogP contribution in [-0.2, 0) is 21.2 Å². The zero-order valence-electron chi connectivity index (χ0n) is 17.2. The molecule has 0 unspecified atom stereocenters. The fourth-order valence-electron chi connectivity index (χ4n) is 3.85. The number of aromatic nitrogens is 1. The number of sulfonamides is 1. The van der Waals surface area contributed by atoms with Gasteiger partial charge < -0.3 is 10.2 Å². The fourth-order valence-corrected chi connectivity index (χ4v) is 5.10. The summed E-state index contributed by atoms with van der Waals surface area (Å²) in [6.07, 6.45) is 4.16. The number of nitrogens with zero attached hydrogens (tertiary/aromatic N) is 3. The molecule has 1 fully saturated rings. The minimum absolute atomic E-state index is 0.0233. The van der Waals surface area contributed by atoms with Gasteiger partial charge in [-0.2, -0.15) is 4.72 Å². The van der Waals surface area contributed by atoms with Crippen LogP contribution in [0.25, 0.3) is 0 Å². The average Bonchev–Trinajstić information content (AvgIpc) is 3.43. The second-order valence-corrected chi connectivity index (χ2v) is 9.43. The molecule has 31 heavy (non-hydrogen) atoms. The first-order valence-corrected chi connectivity index (χ1v) is 11.8. The zero-order valence-corrected chi connectivity index (χ0v) is 18.1. The van der Waals surface area contributed by atoms with E-state index in [1.807, 2.05) is 4.90 Å². The maximum atomic E-state index is 12.8. The highest BCUT2D eigenvalue weighted by atomic mass is 32.2. The van der Waals surface area contributed by atoms with Crippen LogP contribution in [-0.4, -0.2) is 55.9 Å². The Kier molecular flexibility index (Phi) is 5.92. The minimum Gasteiger partial charge on any atom is -0.324 e. The SMILES string of the molecule is C[C@@H](NS(=O)(=O)c1ccc2c(c1)CCN2C(=O)N1CCCC1)C(=O)Nc1ccccn1. The molecule has 2 aromatic rings. The van der Waals surface area contributed by atoms with E-state index in [2.05, 4.69) is 15.0 Å². The summed E-state index contributed by atoms with van der Waals surface area (Å²) < 4.78 is 28.1. The molecule has 0 spiro atoms. The molecule has 0 saturated carbocycles. The van der Waals surface area contributed by atoms with Crippen LogP contribution in [0.5, 0.6) is 0 Å². The van der Waals surface area contributed by atoms with E-state index >= 15 is 0 Å². The van der Waals surface area contributed by atoms with E-state index in [0.29, 0.717) is 18.8 Å². The second-order valence-electron chi connectivity index (χ2n) is 7.72. The lowest BCUT2D eigenvalue weighted by atomic mass is 10.2. The molecule has 10 heteroatoms. The summed E-state index contributed by atoms with van der Waals surface area (Å²) in [5, 5.41) is 2.58. The Hall–Kier alpha value is -2.98. The van der Waals surface area contributed by atoms with Crippen molar-refractivity contribution in [3.63, 3.8) is 0 Å². The van der Waals surface area contributed by atoms with Gasteiger partial charge >= 0.3 is 6.03 Å². The van der Waals surface area contributed by atoms with Gasteiger partial charge in [0, 0.05) is 31.5 Å². The van der Waals surface area contributed by atoms with Crippen molar-refractivity contribution < 1.29 is 18.0 Å². The summed E-state index contributed by atoms with van der Waals surface area (Å²) >= 11 is 0. The van der Waals surface area contributed by atoms with Crippen molar-refractivity contribution in [3.05, 3.63) is 48.2 Å². The topological polar surface area (TPSA) is 112 Å². The highest BCUT2D eigenvalue weighted by molar-refractivity contribution is 7.89. The van der Waals surface area contributed by atoms with Gasteiger partial charge in [-0.05, 0) is 62.1 Å². The van der Waals surface area contributed by atoms with Crippen LogP contribution in [0.2, 0.25) is 0 Å². The molecule has 1 aromatic carbocycles. The summed E-state index contributed by atoms with van der Waals surface area (Å²) in [6, 6.07) is 8.77. The van der Waals surface area contributed by atoms with E-state index < -0.39 is 22.0 Å². The van der Waals surface area contributed by atoms with Crippen molar-refractivity contribution in [2.75, 3.05) is 29.9 Å². The highest BCUT2D eigenvalue weighted by Crippen LogP contribution is 2.31. The van der Waals surface area contributed by atoms with Crippen molar-refractivity contribution in [2.24, 2.45) is 0 Å². The third-order valence-electron chi connectivity index (χ3n) is 5.51. The number of benzene rings is 1. The zero-order chi connectivity index (χ0) is 22.0. The Bertz CT molecular complexity index is 1080. The first kappa shape index (κ1) is 21.3. The number of hydrogen-bond acceptors (Lipinski definition) is 5. The highest BCUT2D eigenvalue weighted by Gasteiger charge is 2.31. The molecule has 1 atom stereocenters. The molecule has 0 bridgehead atoms. The maximum Gasteiger partial charge on any atom is 0.324 e. The van der Waals surface area contributed by atoms with Crippen LogP contribution in [0, 0.1) is 0 Å². The monoisotopic (exact) mass is 443 g/mol. The summed E-state index contributed by atoms with van der Waals surface area (Å²) in [4.78, 5) is 32.7. The molecule has 1 aromatic heterocycles. The van der Waals surface area contributed by atoms with Gasteiger partial charge in [-0.1, -0.05) is 6.07 Å². The van der Waals surface area contributed by atoms with Gasteiger partial charge in [0.05, 0.1) is 10.9 Å². The van der Waals surface area contributed by atoms with E-state index in [0.717, 1.165) is 37.2 Å². The van der Waals surface area contributed by atoms with Crippen LogP contribution in [0.1, 0.15) is 25.3 Å². The molecule has 9 nitrogen and oxygen atoms in total. The lowest BCUT2D eigenvalue weighted by molar-refractivity contribution is -0.117. The standard InChI is InChI=1S/C21H25N5O4S/c1-15(20(27)23-19-6-2-3-10-22-19)24-31(29,30)17-7-8-18-16(14-17)9-13-26(18)21(28)25-11-4-5-12-25/h2-3,6-8,10,14-15,24H,4-5,9,11-13H2,1H3,(H,22,23,27)/t15-/m1/s1. The number of likely N-dealkylation sites (tertiary alicyclic amines) is 1. The summed E-state index contributed by atoms with van der Waals surface area (Å²) in [7, 11) is -3.92. The first-order valence-electron chi connectivity index (χ1n) is 10.3. The lowest BCUT2D eigenvalue weighted by Gasteiger charge is -2.24. The molecule has 0 radical (unpaired) electrons. The van der Waals surface area contributed by atoms with E-state index in [9.17, 15) is 18.0 Å². The van der Waals surface area contributed by atoms with E-state index in [1.165, 1.54) is 19.2 Å². The maximum absolute atomic E-state index is 12.8. The van der Waals surface area contributed by atoms with Gasteiger partial charge in [0.2, 0.25) is 15.9 Å². The molecule has 0 aliphatic carbocycles. The molecule has 2 aliphatic rings. The third kappa shape index (κ3) is 4.54. The van der Waals surface area contributed by atoms with Crippen molar-refractivity contribution in [2.45, 2.75) is 37.1 Å². The molecule has 164 valence electrons. The number of carbonyl (C=O) groups excluding carboxylic acids is 2. The molecule has 2 aliphatic heterocycles. The third-order valence-corrected chi connectivity index (χ3v) is 7.04. The minimum atomic E-state index is -3.92. The summed E-state index contributed by atoms with van der Waals surface area (Å²) in [5.74, 6) is -0.162. The quantitative estimate of drug-likeness (QED) is 0.734. The molecule has 3 heterocycles. The van der Waals surface area contributed by atoms with Gasteiger partial charge in [-0.25, -0.2) is 18.2 Å². The number of fused-ring (bicyclic) bond motifs is 1. The summed E-state index contributed by atoms with van der Waals surface area (Å²) in [6.45, 7) is 3.53. The Labute approximate surface area is 181 Å². The number of anilines is 2. The van der Waals surface area contributed by atoms with Crippen LogP contribution < -0.4 is 14.9 Å². The van der Waals surface area contributed by atoms with Gasteiger partial charge in [-0.3, -0.25) is 9.69 Å². The van der Waals surface area contributed by atoms with Gasteiger partial charge in [-0.15, -0.1) is 0 Å². The molecule has 1 saturated heterocycles. The smallest absolute Gasteiger partial charge is 0.324 e. The average molecular weight is 444 g/mol. The number of carbonyl (C=O) groups is 2. The van der Waals surface area contributed by atoms with Crippen LogP contribution in [0.4, 0.5) is 16.3 Å². The largest absolute Gasteiger partial charge is 0.324 e. The first-order chi connectivity index (χ1) is 14.8. The normalized spacial score (nSPS) is 16.8. The van der Waals surface area contributed by atoms with Crippen molar-refractivity contribution in [1.29, 1.82) is 0 Å². The van der Waals surface area contributed by atoms with Gasteiger partial charge in [0.15, 0.2) is 0 Å². The lowest BCUT2D eigenvalue weighted by Crippen LogP contribution is -2.41. The van der Waals surface area contributed by atoms with E-state index in [1.54, 1.807) is 35.2 Å². The molecule has 2 N–H and O–H groups in total. The van der Waals surface area contributed by atoms with Gasteiger partial charge in [0.1, 0.15) is 5.82 Å². The summed E-state index contributed by atoms with van der Waals surface area (Å²) in [5.41, 5.74) is 1.55. The van der Waals surface area contributed by atoms with Crippen molar-refractivity contribution in [3.8, 4) is 0 Å². The Morgan fingerprint density at radius 3 is 2.58 bits per heavy atom. The van der Waals surface area contributed by atoms with E-state index in [4.69, 9.17) is 0 Å². The number of rotatable bonds is 5. The van der Waals surface area contributed by atoms with Gasteiger partial charge in [0.25, 0.3) is 0 Å². The number of urea groups is 1. The van der Waals surface area contributed by atoms with Crippen LogP contribution in [0.15, 0.2) is 47.5 Å². The Morgan fingerprint density at radius 1 is 1.10 bits per heavy atom. The Balaban J connectivity index is 1.45. The predicted molar refractivity (Wildman–Crippen MR) is 116 cm³/mol. The van der Waals surface area contributed by atoms with E-state index in [-0.39, 0.29) is 10.9 Å². The Morgan fingerprint density at radius 2 is 1.87 bits per heavy atom. The van der Waals surface area contributed by atoms with Crippen LogP contribution in [0.3, 0.4) is 0 Å². The number of amides is 3. The molecule has 3 amide bonds. The predicted octanol–water partition coefficient (Wildman–Crippen LogP) is 1.97. The second kappa shape index (κ2) is 8.64. The molecular weight excluding hydrogens is 418 g/mol. The van der Waals surface area contributed by atoms with Crippen molar-refractivity contribution in [1.82, 2.24) is 14.6 Å². The molecular formula is C21H25N5O4S. The number of hydrogen-bond donors (Lipinski definition) is 2. The van der Waals surface area contributed by atoms with Crippen LogP contribution >= 0.6 is 0 Å². The fraction of sp³-hybridized carbons (Fsp3) is 0.381. The number of pyridine rings is 1.